The van der Waals surface area contributed by atoms with Crippen molar-refractivity contribution in [2.75, 3.05) is 19.6 Å². The third-order valence-electron chi connectivity index (χ3n) is 5.52. The minimum absolute atomic E-state index is 0.235. The highest BCUT2D eigenvalue weighted by Gasteiger charge is 2.23. The normalized spacial score (nSPS) is 19.8. The van der Waals surface area contributed by atoms with E-state index in [4.69, 9.17) is 4.99 Å². The molecule has 156 valence electrons. The molecule has 0 radical (unpaired) electrons. The second kappa shape index (κ2) is 12.2. The smallest absolute Gasteiger partial charge is 0.192 e. The molecule has 0 aromatic heterocycles. The van der Waals surface area contributed by atoms with Crippen molar-refractivity contribution in [1.29, 1.82) is 0 Å². The molecule has 1 unspecified atom stereocenters. The van der Waals surface area contributed by atoms with E-state index in [1.54, 1.807) is 0 Å². The Balaban J connectivity index is 1.67. The fourth-order valence-electron chi connectivity index (χ4n) is 3.69. The molecule has 27 heavy (non-hydrogen) atoms. The van der Waals surface area contributed by atoms with E-state index in [1.807, 2.05) is 0 Å². The first-order valence-electron chi connectivity index (χ1n) is 11.4. The van der Waals surface area contributed by atoms with Crippen LogP contribution in [0.2, 0.25) is 0 Å². The molecule has 0 fully saturated rings. The summed E-state index contributed by atoms with van der Waals surface area (Å²) < 4.78 is 0. The van der Waals surface area contributed by atoms with Gasteiger partial charge in [0.2, 0.25) is 0 Å². The first-order chi connectivity index (χ1) is 13.1. The van der Waals surface area contributed by atoms with Crippen LogP contribution in [-0.4, -0.2) is 37.6 Å². The Bertz CT molecular complexity index is 469. The molecule has 0 spiro atoms. The van der Waals surface area contributed by atoms with Gasteiger partial charge in [-0.2, -0.15) is 0 Å². The summed E-state index contributed by atoms with van der Waals surface area (Å²) in [5, 5.41) is 10.7. The maximum Gasteiger partial charge on any atom is 0.192 e. The van der Waals surface area contributed by atoms with Gasteiger partial charge in [0.25, 0.3) is 0 Å². The van der Waals surface area contributed by atoms with Crippen LogP contribution in [0, 0.1) is 5.41 Å². The number of amidine groups is 1. The van der Waals surface area contributed by atoms with Crippen molar-refractivity contribution in [3.05, 3.63) is 0 Å². The molecule has 3 N–H and O–H groups in total. The van der Waals surface area contributed by atoms with Gasteiger partial charge in [0, 0.05) is 31.5 Å². The van der Waals surface area contributed by atoms with E-state index in [-0.39, 0.29) is 11.6 Å². The molecule has 0 amide bonds. The zero-order chi connectivity index (χ0) is 19.4. The Kier molecular flexibility index (Phi) is 10.00. The topological polar surface area (TPSA) is 60.8 Å². The molecule has 2 aliphatic rings. The van der Waals surface area contributed by atoms with Crippen molar-refractivity contribution in [1.82, 2.24) is 16.0 Å². The SMILES string of the molecule is CCCCCCCCCCCC(NC1=NCCC1)NC1=NCC(C)(C)CN1. The third-order valence-corrected chi connectivity index (χ3v) is 5.52. The summed E-state index contributed by atoms with van der Waals surface area (Å²) in [5.74, 6) is 2.11. The van der Waals surface area contributed by atoms with E-state index in [2.05, 4.69) is 41.7 Å². The number of guanidine groups is 1. The monoisotopic (exact) mass is 377 g/mol. The standard InChI is InChI=1S/C22H43N5/c1-4-5-6-7-8-9-10-11-12-14-20(26-19-15-13-16-23-19)27-21-24-17-22(2,3)18-25-21/h20H,4-18H2,1-3H3,(H,23,26)(H2,24,25,27). The van der Waals surface area contributed by atoms with Crippen LogP contribution >= 0.6 is 0 Å². The first-order valence-corrected chi connectivity index (χ1v) is 11.4. The summed E-state index contributed by atoms with van der Waals surface area (Å²) in [4.78, 5) is 9.29. The van der Waals surface area contributed by atoms with Crippen molar-refractivity contribution in [3.8, 4) is 0 Å². The van der Waals surface area contributed by atoms with Crippen LogP contribution in [0.4, 0.5) is 0 Å². The Morgan fingerprint density at radius 3 is 2.26 bits per heavy atom. The molecule has 0 aromatic carbocycles. The van der Waals surface area contributed by atoms with Crippen LogP contribution < -0.4 is 16.0 Å². The number of nitrogens with zero attached hydrogens (tertiary/aromatic N) is 2. The Labute approximate surface area is 167 Å². The Morgan fingerprint density at radius 2 is 1.67 bits per heavy atom. The Hall–Kier alpha value is -1.26. The molecule has 0 saturated carbocycles. The number of hydrogen-bond acceptors (Lipinski definition) is 5. The van der Waals surface area contributed by atoms with Crippen molar-refractivity contribution in [2.45, 2.75) is 104 Å². The highest BCUT2D eigenvalue weighted by Crippen LogP contribution is 2.16. The van der Waals surface area contributed by atoms with Crippen molar-refractivity contribution >= 4 is 11.8 Å². The van der Waals surface area contributed by atoms with Gasteiger partial charge in [0.1, 0.15) is 0 Å². The average molecular weight is 378 g/mol. The van der Waals surface area contributed by atoms with Gasteiger partial charge in [-0.1, -0.05) is 72.1 Å². The number of rotatable bonds is 12. The number of hydrogen-bond donors (Lipinski definition) is 3. The number of aliphatic imine (C=N–C) groups is 2. The minimum Gasteiger partial charge on any atom is -0.356 e. The molecule has 2 rings (SSSR count). The molecule has 1 atom stereocenters. The van der Waals surface area contributed by atoms with Crippen molar-refractivity contribution in [2.24, 2.45) is 15.4 Å². The Morgan fingerprint density at radius 1 is 0.963 bits per heavy atom. The molecule has 0 aromatic rings. The van der Waals surface area contributed by atoms with E-state index < -0.39 is 0 Å². The van der Waals surface area contributed by atoms with Gasteiger partial charge in [-0.3, -0.25) is 9.98 Å². The third kappa shape index (κ3) is 9.48. The summed E-state index contributed by atoms with van der Waals surface area (Å²) in [6, 6.07) is 0. The molecule has 0 aliphatic carbocycles. The highest BCUT2D eigenvalue weighted by atomic mass is 15.3. The predicted molar refractivity (Wildman–Crippen MR) is 118 cm³/mol. The molecule has 5 heteroatoms. The van der Waals surface area contributed by atoms with Gasteiger partial charge in [-0.25, -0.2) is 0 Å². The lowest BCUT2D eigenvalue weighted by Crippen LogP contribution is -2.55. The summed E-state index contributed by atoms with van der Waals surface area (Å²) >= 11 is 0. The lowest BCUT2D eigenvalue weighted by molar-refractivity contribution is 0.353. The quantitative estimate of drug-likeness (QED) is 0.344. The minimum atomic E-state index is 0.235. The fraction of sp³-hybridized carbons (Fsp3) is 0.909. The second-order valence-corrected chi connectivity index (χ2v) is 9.07. The van der Waals surface area contributed by atoms with Crippen molar-refractivity contribution < 1.29 is 0 Å². The van der Waals surface area contributed by atoms with E-state index >= 15 is 0 Å². The van der Waals surface area contributed by atoms with Crippen LogP contribution in [0.15, 0.2) is 9.98 Å². The lowest BCUT2D eigenvalue weighted by Gasteiger charge is -2.31. The predicted octanol–water partition coefficient (Wildman–Crippen LogP) is 4.59. The molecule has 0 saturated heterocycles. The van der Waals surface area contributed by atoms with E-state index in [0.717, 1.165) is 38.4 Å². The molecule has 2 heterocycles. The maximum atomic E-state index is 4.70. The van der Waals surface area contributed by atoms with Crippen LogP contribution in [0.3, 0.4) is 0 Å². The van der Waals surface area contributed by atoms with Crippen LogP contribution in [0.25, 0.3) is 0 Å². The lowest BCUT2D eigenvalue weighted by atomic mass is 9.93. The fourth-order valence-corrected chi connectivity index (χ4v) is 3.69. The number of nitrogens with one attached hydrogen (secondary N) is 3. The summed E-state index contributed by atoms with van der Waals surface area (Å²) in [6.45, 7) is 9.63. The van der Waals surface area contributed by atoms with Gasteiger partial charge >= 0.3 is 0 Å². The van der Waals surface area contributed by atoms with Crippen LogP contribution in [0.5, 0.6) is 0 Å². The molecule has 2 aliphatic heterocycles. The van der Waals surface area contributed by atoms with Gasteiger partial charge in [-0.15, -0.1) is 0 Å². The first kappa shape index (κ1) is 22.0. The number of unbranched alkanes of at least 4 members (excludes halogenated alkanes) is 8. The average Bonchev–Trinajstić information content (AvgIpc) is 3.15. The summed E-state index contributed by atoms with van der Waals surface area (Å²) in [5.41, 5.74) is 0.251. The maximum absolute atomic E-state index is 4.70. The highest BCUT2D eigenvalue weighted by molar-refractivity contribution is 5.85. The summed E-state index contributed by atoms with van der Waals surface area (Å²) in [7, 11) is 0. The van der Waals surface area contributed by atoms with Gasteiger partial charge in [-0.05, 0) is 19.3 Å². The van der Waals surface area contributed by atoms with Gasteiger partial charge in [0.05, 0.1) is 12.0 Å². The van der Waals surface area contributed by atoms with E-state index in [9.17, 15) is 0 Å². The molecule has 0 bridgehead atoms. The van der Waals surface area contributed by atoms with Gasteiger partial charge in [0.15, 0.2) is 5.96 Å². The second-order valence-electron chi connectivity index (χ2n) is 9.07. The molecule has 5 nitrogen and oxygen atoms in total. The van der Waals surface area contributed by atoms with Gasteiger partial charge < -0.3 is 16.0 Å². The zero-order valence-electron chi connectivity index (χ0n) is 18.1. The van der Waals surface area contributed by atoms with Crippen molar-refractivity contribution in [3.63, 3.8) is 0 Å². The van der Waals surface area contributed by atoms with Crippen LogP contribution in [0.1, 0.15) is 97.8 Å². The van der Waals surface area contributed by atoms with E-state index in [1.165, 1.54) is 70.0 Å². The largest absolute Gasteiger partial charge is 0.356 e. The summed E-state index contributed by atoms with van der Waals surface area (Å²) in [6.07, 6.45) is 16.0. The zero-order valence-corrected chi connectivity index (χ0v) is 18.1. The van der Waals surface area contributed by atoms with Crippen LogP contribution in [-0.2, 0) is 0 Å². The molecular weight excluding hydrogens is 334 g/mol. The molecular formula is C22H43N5. The van der Waals surface area contributed by atoms with E-state index in [0.29, 0.717) is 0 Å².